The third kappa shape index (κ3) is 3.63. The van der Waals surface area contributed by atoms with Gasteiger partial charge in [-0.05, 0) is 55.5 Å². The molecule has 0 saturated carbocycles. The second kappa shape index (κ2) is 7.25. The number of aryl methyl sites for hydroxylation is 1. The number of benzene rings is 2. The molecule has 1 unspecified atom stereocenters. The molecule has 0 bridgehead atoms. The van der Waals surface area contributed by atoms with E-state index < -0.39 is 11.7 Å². The van der Waals surface area contributed by atoms with Crippen molar-refractivity contribution in [1.82, 2.24) is 4.57 Å². The van der Waals surface area contributed by atoms with Crippen LogP contribution in [0.15, 0.2) is 53.5 Å². The van der Waals surface area contributed by atoms with E-state index in [1.54, 1.807) is 31.2 Å². The van der Waals surface area contributed by atoms with Crippen LogP contribution in [0.1, 0.15) is 30.9 Å². The van der Waals surface area contributed by atoms with Crippen LogP contribution in [0.25, 0.3) is 16.6 Å². The van der Waals surface area contributed by atoms with E-state index >= 15 is 0 Å². The number of hydrogen-bond acceptors (Lipinski definition) is 2. The third-order valence-corrected chi connectivity index (χ3v) is 5.70. The van der Waals surface area contributed by atoms with Gasteiger partial charge in [0, 0.05) is 36.4 Å². The molecule has 1 saturated heterocycles. The fourth-order valence-electron chi connectivity index (χ4n) is 4.27. The summed E-state index contributed by atoms with van der Waals surface area (Å²) in [5.74, 6) is 0.462. The van der Waals surface area contributed by atoms with E-state index in [0.29, 0.717) is 22.5 Å². The number of alkyl halides is 3. The van der Waals surface area contributed by atoms with Gasteiger partial charge in [-0.1, -0.05) is 19.1 Å². The second-order valence-electron chi connectivity index (χ2n) is 7.91. The lowest BCUT2D eigenvalue weighted by Crippen LogP contribution is -2.34. The number of hydrogen-bond donors (Lipinski definition) is 0. The maximum absolute atomic E-state index is 14.0. The first-order valence-electron chi connectivity index (χ1n) is 9.83. The van der Waals surface area contributed by atoms with Gasteiger partial charge in [-0.2, -0.15) is 13.2 Å². The number of rotatable bonds is 2. The molecule has 3 nitrogen and oxygen atoms in total. The maximum Gasteiger partial charge on any atom is 0.418 e. The molecule has 0 radical (unpaired) electrons. The van der Waals surface area contributed by atoms with Crippen LogP contribution in [0.2, 0.25) is 0 Å². The van der Waals surface area contributed by atoms with Gasteiger partial charge in [0.1, 0.15) is 0 Å². The van der Waals surface area contributed by atoms with Gasteiger partial charge in [-0.25, -0.2) is 0 Å². The molecule has 1 atom stereocenters. The Labute approximate surface area is 167 Å². The number of nitrogens with zero attached hydrogens (tertiary/aromatic N) is 2. The van der Waals surface area contributed by atoms with Crippen molar-refractivity contribution >= 4 is 16.6 Å². The highest BCUT2D eigenvalue weighted by Crippen LogP contribution is 2.38. The summed E-state index contributed by atoms with van der Waals surface area (Å²) < 4.78 is 43.5. The van der Waals surface area contributed by atoms with Crippen molar-refractivity contribution < 1.29 is 13.2 Å². The predicted octanol–water partition coefficient (Wildman–Crippen LogP) is 5.55. The molecule has 0 spiro atoms. The summed E-state index contributed by atoms with van der Waals surface area (Å²) in [6.45, 7) is 5.44. The van der Waals surface area contributed by atoms with Crippen LogP contribution >= 0.6 is 0 Å². The summed E-state index contributed by atoms with van der Waals surface area (Å²) in [6, 6.07) is 11.1. The van der Waals surface area contributed by atoms with E-state index in [-0.39, 0.29) is 11.1 Å². The van der Waals surface area contributed by atoms with Crippen molar-refractivity contribution in [3.8, 4) is 5.69 Å². The highest BCUT2D eigenvalue weighted by Gasteiger charge is 2.35. The summed E-state index contributed by atoms with van der Waals surface area (Å²) in [4.78, 5) is 14.3. The third-order valence-electron chi connectivity index (χ3n) is 5.70. The number of aromatic nitrogens is 1. The molecular formula is C23H23F3N2O. The number of anilines is 1. The summed E-state index contributed by atoms with van der Waals surface area (Å²) in [5.41, 5.74) is 0.953. The lowest BCUT2D eigenvalue weighted by Gasteiger charge is -2.33. The minimum absolute atomic E-state index is 0.0295. The van der Waals surface area contributed by atoms with Crippen LogP contribution in [0.5, 0.6) is 0 Å². The standard InChI is InChI=1S/C23H23F3N2O/c1-15-5-4-11-27(14-15)17-8-9-19(18(13-17)23(24,25)26)28-12-10-21(29)22-16(2)6-3-7-20(22)28/h3,6-10,12-13,15H,4-5,11,14H2,1-2H3. The predicted molar refractivity (Wildman–Crippen MR) is 110 cm³/mol. The number of halogens is 3. The smallest absolute Gasteiger partial charge is 0.371 e. The van der Waals surface area contributed by atoms with E-state index in [2.05, 4.69) is 6.92 Å². The van der Waals surface area contributed by atoms with E-state index in [9.17, 15) is 18.0 Å². The van der Waals surface area contributed by atoms with Crippen molar-refractivity contribution in [2.75, 3.05) is 18.0 Å². The number of fused-ring (bicyclic) bond motifs is 1. The zero-order valence-electron chi connectivity index (χ0n) is 16.5. The maximum atomic E-state index is 14.0. The van der Waals surface area contributed by atoms with Crippen LogP contribution in [0.4, 0.5) is 18.9 Å². The molecular weight excluding hydrogens is 377 g/mol. The first kappa shape index (κ1) is 19.6. The van der Waals surface area contributed by atoms with Crippen molar-refractivity contribution in [3.05, 3.63) is 70.0 Å². The number of piperidine rings is 1. The minimum Gasteiger partial charge on any atom is -0.371 e. The zero-order valence-corrected chi connectivity index (χ0v) is 16.5. The Morgan fingerprint density at radius 3 is 2.62 bits per heavy atom. The molecule has 1 aliphatic rings. The minimum atomic E-state index is -4.51. The van der Waals surface area contributed by atoms with Crippen molar-refractivity contribution in [3.63, 3.8) is 0 Å². The van der Waals surface area contributed by atoms with E-state index in [1.165, 1.54) is 29.0 Å². The normalized spacial score (nSPS) is 17.7. The lowest BCUT2D eigenvalue weighted by atomic mass is 9.99. The highest BCUT2D eigenvalue weighted by atomic mass is 19.4. The van der Waals surface area contributed by atoms with Crippen molar-refractivity contribution in [2.24, 2.45) is 5.92 Å². The topological polar surface area (TPSA) is 25.2 Å². The van der Waals surface area contributed by atoms with Gasteiger partial charge in [0.05, 0.1) is 16.8 Å². The molecule has 6 heteroatoms. The Hall–Kier alpha value is -2.76. The van der Waals surface area contributed by atoms with Gasteiger partial charge in [0.25, 0.3) is 0 Å². The molecule has 152 valence electrons. The Morgan fingerprint density at radius 1 is 1.10 bits per heavy atom. The fraction of sp³-hybridized carbons (Fsp3) is 0.348. The van der Waals surface area contributed by atoms with Crippen molar-refractivity contribution in [1.29, 1.82) is 0 Å². The molecule has 2 heterocycles. The van der Waals surface area contributed by atoms with E-state index in [1.807, 2.05) is 4.90 Å². The zero-order chi connectivity index (χ0) is 20.8. The molecule has 2 aromatic carbocycles. The van der Waals surface area contributed by atoms with Gasteiger partial charge >= 0.3 is 6.18 Å². The Morgan fingerprint density at radius 2 is 1.90 bits per heavy atom. The lowest BCUT2D eigenvalue weighted by molar-refractivity contribution is -0.137. The molecule has 1 aromatic heterocycles. The average Bonchev–Trinajstić information content (AvgIpc) is 2.67. The molecule has 3 aromatic rings. The monoisotopic (exact) mass is 400 g/mol. The molecule has 1 aliphatic heterocycles. The second-order valence-corrected chi connectivity index (χ2v) is 7.91. The molecule has 0 aliphatic carbocycles. The largest absolute Gasteiger partial charge is 0.418 e. The Bertz CT molecular complexity index is 1120. The highest BCUT2D eigenvalue weighted by molar-refractivity contribution is 5.84. The fourth-order valence-corrected chi connectivity index (χ4v) is 4.27. The first-order valence-corrected chi connectivity index (χ1v) is 9.83. The SMILES string of the molecule is Cc1cccc2c1c(=O)ccn2-c1ccc(N2CCCC(C)C2)cc1C(F)(F)F. The molecule has 0 N–H and O–H groups in total. The van der Waals surface area contributed by atoms with Gasteiger partial charge in [-0.15, -0.1) is 0 Å². The van der Waals surface area contributed by atoms with Crippen LogP contribution in [-0.2, 0) is 6.18 Å². The van der Waals surface area contributed by atoms with Gasteiger partial charge in [0.15, 0.2) is 5.43 Å². The van der Waals surface area contributed by atoms with Crippen LogP contribution in [0.3, 0.4) is 0 Å². The van der Waals surface area contributed by atoms with Gasteiger partial charge in [-0.3, -0.25) is 4.79 Å². The van der Waals surface area contributed by atoms with Crippen LogP contribution in [0, 0.1) is 12.8 Å². The van der Waals surface area contributed by atoms with E-state index in [4.69, 9.17) is 0 Å². The molecule has 0 amide bonds. The van der Waals surface area contributed by atoms with E-state index in [0.717, 1.165) is 31.5 Å². The van der Waals surface area contributed by atoms with Crippen LogP contribution in [-0.4, -0.2) is 17.7 Å². The summed E-state index contributed by atoms with van der Waals surface area (Å²) in [6.07, 6.45) is -0.999. The van der Waals surface area contributed by atoms with Crippen LogP contribution < -0.4 is 10.3 Å². The van der Waals surface area contributed by atoms with Gasteiger partial charge in [0.2, 0.25) is 0 Å². The average molecular weight is 400 g/mol. The first-order chi connectivity index (χ1) is 13.8. The van der Waals surface area contributed by atoms with Gasteiger partial charge < -0.3 is 9.47 Å². The quantitative estimate of drug-likeness (QED) is 0.563. The molecule has 29 heavy (non-hydrogen) atoms. The number of pyridine rings is 1. The Kier molecular flexibility index (Phi) is 4.89. The molecule has 1 fully saturated rings. The molecule has 4 rings (SSSR count). The Balaban J connectivity index is 1.91. The summed E-state index contributed by atoms with van der Waals surface area (Å²) in [7, 11) is 0. The van der Waals surface area contributed by atoms with Crippen molar-refractivity contribution in [2.45, 2.75) is 32.9 Å². The summed E-state index contributed by atoms with van der Waals surface area (Å²) >= 11 is 0. The summed E-state index contributed by atoms with van der Waals surface area (Å²) in [5, 5.41) is 0.442.